The number of ether oxygens (including phenoxy) is 3. The van der Waals surface area contributed by atoms with Crippen LogP contribution in [0.5, 0.6) is 11.5 Å². The second kappa shape index (κ2) is 12.2. The van der Waals surface area contributed by atoms with Gasteiger partial charge in [-0.25, -0.2) is 0 Å². The molecule has 3 N–H and O–H groups in total. The number of aliphatic hydroxyl groups excluding tert-OH is 1. The van der Waals surface area contributed by atoms with Gasteiger partial charge in [-0.15, -0.1) is 0 Å². The van der Waals surface area contributed by atoms with Gasteiger partial charge in [0.15, 0.2) is 0 Å². The van der Waals surface area contributed by atoms with Crippen LogP contribution in [-0.4, -0.2) is 71.3 Å². The Hall–Kier alpha value is -4.41. The first-order valence-electron chi connectivity index (χ1n) is 15.4. The maximum atomic E-state index is 14.6. The highest BCUT2D eigenvalue weighted by atomic mass is 16.5. The average Bonchev–Trinajstić information content (AvgIpc) is 3.62. The molecule has 3 fully saturated rings. The number of hydrogen-bond acceptors (Lipinski definition) is 7. The number of amides is 3. The summed E-state index contributed by atoms with van der Waals surface area (Å²) in [6.07, 6.45) is 1.26. The Labute approximate surface area is 262 Å². The summed E-state index contributed by atoms with van der Waals surface area (Å²) in [5.74, 6) is -1.57. The van der Waals surface area contributed by atoms with Crippen LogP contribution in [0.15, 0.2) is 78.9 Å². The lowest BCUT2D eigenvalue weighted by Crippen LogP contribution is -2.57. The Balaban J connectivity index is 1.35. The fourth-order valence-corrected chi connectivity index (χ4v) is 7.50. The zero-order valence-corrected chi connectivity index (χ0v) is 25.7. The third kappa shape index (κ3) is 5.42. The second-order valence-electron chi connectivity index (χ2n) is 12.2. The Kier molecular flexibility index (Phi) is 8.28. The molecule has 0 aliphatic carbocycles. The maximum Gasteiger partial charge on any atom is 0.250 e. The summed E-state index contributed by atoms with van der Waals surface area (Å²) >= 11 is 0. The van der Waals surface area contributed by atoms with Crippen LogP contribution in [0.3, 0.4) is 0 Å². The molecule has 3 saturated heterocycles. The standard InChI is InChI=1S/C35H39N3O7/c1-4-44-27-16-12-23(13-17-27)36-31(40)28-29-33(42)38(25(21-39)20-22-8-6-5-7-9-22)30(35(29)19-18-34(28,2)45-35)32(41)37-24-10-14-26(43-3)15-11-24/h5-17,25,28-30,39H,4,18-21H2,1-3H3,(H,36,40)(H,37,41)/t25-,28+,29+,30?,34-,35?/m1/s1. The molecule has 3 aliphatic heterocycles. The van der Waals surface area contributed by atoms with Crippen LogP contribution in [0.4, 0.5) is 11.4 Å². The predicted molar refractivity (Wildman–Crippen MR) is 168 cm³/mol. The minimum atomic E-state index is -1.24. The molecule has 3 amide bonds. The van der Waals surface area contributed by atoms with Gasteiger partial charge in [0.25, 0.3) is 0 Å². The largest absolute Gasteiger partial charge is 0.497 e. The molecule has 3 heterocycles. The number of nitrogens with zero attached hydrogens (tertiary/aromatic N) is 1. The van der Waals surface area contributed by atoms with E-state index >= 15 is 0 Å². The molecule has 3 aromatic rings. The topological polar surface area (TPSA) is 126 Å². The van der Waals surface area contributed by atoms with E-state index in [1.54, 1.807) is 55.6 Å². The number of likely N-dealkylation sites (tertiary alicyclic amines) is 1. The predicted octanol–water partition coefficient (Wildman–Crippen LogP) is 4.04. The third-order valence-electron chi connectivity index (χ3n) is 9.45. The van der Waals surface area contributed by atoms with E-state index in [0.29, 0.717) is 48.7 Å². The van der Waals surface area contributed by atoms with E-state index in [4.69, 9.17) is 14.2 Å². The van der Waals surface area contributed by atoms with Crippen molar-refractivity contribution in [3.8, 4) is 11.5 Å². The molecule has 10 nitrogen and oxygen atoms in total. The highest BCUT2D eigenvalue weighted by molar-refractivity contribution is 6.05. The molecule has 3 aromatic carbocycles. The SMILES string of the molecule is CCOc1ccc(NC(=O)[C@@H]2[C@H]3C(=O)N([C@@H](CO)Cc4ccccc4)C(C(=O)Nc4ccc(OC)cc4)C34CC[C@@]2(C)O4)cc1. The lowest BCUT2D eigenvalue weighted by atomic mass is 9.66. The van der Waals surface area contributed by atoms with Crippen molar-refractivity contribution in [2.24, 2.45) is 11.8 Å². The van der Waals surface area contributed by atoms with Crippen molar-refractivity contribution in [2.75, 3.05) is 31.0 Å². The van der Waals surface area contributed by atoms with Gasteiger partial charge in [-0.05, 0) is 87.2 Å². The molecule has 1 spiro atoms. The Morgan fingerprint density at radius 1 is 0.956 bits per heavy atom. The highest BCUT2D eigenvalue weighted by Gasteiger charge is 2.78. The van der Waals surface area contributed by atoms with E-state index in [1.165, 1.54) is 4.90 Å². The number of benzene rings is 3. The number of fused-ring (bicyclic) bond motifs is 1. The highest BCUT2D eigenvalue weighted by Crippen LogP contribution is 2.63. The fraction of sp³-hybridized carbons (Fsp3) is 0.400. The molecular weight excluding hydrogens is 574 g/mol. The van der Waals surface area contributed by atoms with Crippen molar-refractivity contribution in [3.05, 3.63) is 84.4 Å². The number of carbonyl (C=O) groups is 3. The van der Waals surface area contributed by atoms with Gasteiger partial charge in [0, 0.05) is 11.4 Å². The molecule has 3 aliphatic rings. The number of methoxy groups -OCH3 is 1. The van der Waals surface area contributed by atoms with E-state index in [1.807, 2.05) is 44.2 Å². The maximum absolute atomic E-state index is 14.6. The number of nitrogens with one attached hydrogen (secondary N) is 2. The van der Waals surface area contributed by atoms with E-state index in [9.17, 15) is 19.5 Å². The second-order valence-corrected chi connectivity index (χ2v) is 12.2. The molecule has 6 atom stereocenters. The monoisotopic (exact) mass is 613 g/mol. The van der Waals surface area contributed by atoms with Crippen LogP contribution in [0, 0.1) is 11.8 Å². The molecule has 10 heteroatoms. The first kappa shape index (κ1) is 30.6. The van der Waals surface area contributed by atoms with Gasteiger partial charge in [0.05, 0.1) is 43.8 Å². The zero-order valence-electron chi connectivity index (χ0n) is 25.7. The minimum absolute atomic E-state index is 0.332. The summed E-state index contributed by atoms with van der Waals surface area (Å²) in [7, 11) is 1.56. The summed E-state index contributed by atoms with van der Waals surface area (Å²) in [6, 6.07) is 21.7. The van der Waals surface area contributed by atoms with Crippen LogP contribution in [0.25, 0.3) is 0 Å². The third-order valence-corrected chi connectivity index (χ3v) is 9.45. The molecule has 2 unspecified atom stereocenters. The number of hydrogen-bond donors (Lipinski definition) is 3. The quantitative estimate of drug-likeness (QED) is 0.298. The van der Waals surface area contributed by atoms with Gasteiger partial charge in [-0.3, -0.25) is 14.4 Å². The average molecular weight is 614 g/mol. The molecule has 236 valence electrons. The smallest absolute Gasteiger partial charge is 0.250 e. The van der Waals surface area contributed by atoms with Crippen LogP contribution in [0.2, 0.25) is 0 Å². The van der Waals surface area contributed by atoms with Crippen molar-refractivity contribution >= 4 is 29.1 Å². The molecule has 0 aromatic heterocycles. The van der Waals surface area contributed by atoms with Crippen LogP contribution < -0.4 is 20.1 Å². The molecule has 0 saturated carbocycles. The normalized spacial score (nSPS) is 27.2. The van der Waals surface area contributed by atoms with Crippen molar-refractivity contribution < 1.29 is 33.7 Å². The summed E-state index contributed by atoms with van der Waals surface area (Å²) in [5.41, 5.74) is -0.185. The Morgan fingerprint density at radius 3 is 2.18 bits per heavy atom. The summed E-state index contributed by atoms with van der Waals surface area (Å²) in [5, 5.41) is 16.6. The van der Waals surface area contributed by atoms with E-state index in [-0.39, 0.29) is 18.4 Å². The van der Waals surface area contributed by atoms with Crippen LogP contribution >= 0.6 is 0 Å². The number of carbonyl (C=O) groups excluding carboxylic acids is 3. The first-order chi connectivity index (χ1) is 21.7. The van der Waals surface area contributed by atoms with Gasteiger partial charge < -0.3 is 34.9 Å². The van der Waals surface area contributed by atoms with Crippen molar-refractivity contribution in [3.63, 3.8) is 0 Å². The van der Waals surface area contributed by atoms with Gasteiger partial charge in [0.1, 0.15) is 23.1 Å². The summed E-state index contributed by atoms with van der Waals surface area (Å²) < 4.78 is 17.5. The summed E-state index contributed by atoms with van der Waals surface area (Å²) in [6.45, 7) is 3.91. The van der Waals surface area contributed by atoms with Crippen LogP contribution in [-0.2, 0) is 25.5 Å². The number of rotatable bonds is 11. The van der Waals surface area contributed by atoms with Gasteiger partial charge in [0.2, 0.25) is 17.7 Å². The van der Waals surface area contributed by atoms with E-state index in [0.717, 1.165) is 5.56 Å². The number of anilines is 2. The van der Waals surface area contributed by atoms with E-state index < -0.39 is 41.0 Å². The van der Waals surface area contributed by atoms with Crippen molar-refractivity contribution in [1.29, 1.82) is 0 Å². The summed E-state index contributed by atoms with van der Waals surface area (Å²) in [4.78, 5) is 44.4. The van der Waals surface area contributed by atoms with Crippen molar-refractivity contribution in [1.82, 2.24) is 4.90 Å². The number of aliphatic hydroxyl groups is 1. The van der Waals surface area contributed by atoms with Crippen LogP contribution in [0.1, 0.15) is 32.3 Å². The van der Waals surface area contributed by atoms with Crippen molar-refractivity contribution in [2.45, 2.75) is 56.4 Å². The lowest BCUT2D eigenvalue weighted by molar-refractivity contribution is -0.146. The lowest BCUT2D eigenvalue weighted by Gasteiger charge is -2.37. The van der Waals surface area contributed by atoms with Gasteiger partial charge >= 0.3 is 0 Å². The van der Waals surface area contributed by atoms with E-state index in [2.05, 4.69) is 10.6 Å². The molecule has 45 heavy (non-hydrogen) atoms. The Morgan fingerprint density at radius 2 is 1.58 bits per heavy atom. The molecule has 6 rings (SSSR count). The molecule has 2 bridgehead atoms. The zero-order chi connectivity index (χ0) is 31.8. The van der Waals surface area contributed by atoms with Gasteiger partial charge in [-0.1, -0.05) is 30.3 Å². The first-order valence-corrected chi connectivity index (χ1v) is 15.4. The minimum Gasteiger partial charge on any atom is -0.497 e. The Bertz CT molecular complexity index is 1550. The van der Waals surface area contributed by atoms with Gasteiger partial charge in [-0.2, -0.15) is 0 Å². The molecule has 0 radical (unpaired) electrons. The fourth-order valence-electron chi connectivity index (χ4n) is 7.50. The molecular formula is C35H39N3O7.